The second kappa shape index (κ2) is 5.91. The van der Waals surface area contributed by atoms with Crippen LogP contribution in [-0.4, -0.2) is 37.2 Å². The minimum absolute atomic E-state index is 0.0677. The summed E-state index contributed by atoms with van der Waals surface area (Å²) in [6.45, 7) is 1.58. The highest BCUT2D eigenvalue weighted by molar-refractivity contribution is 5.89. The number of amides is 1. The highest BCUT2D eigenvalue weighted by Gasteiger charge is 2.08. The monoisotopic (exact) mass is 275 g/mol. The van der Waals surface area contributed by atoms with Gasteiger partial charge in [-0.3, -0.25) is 9.59 Å². The van der Waals surface area contributed by atoms with Crippen molar-refractivity contribution in [2.45, 2.75) is 19.9 Å². The minimum Gasteiger partial charge on any atom is -0.481 e. The van der Waals surface area contributed by atoms with Gasteiger partial charge in [-0.2, -0.15) is 4.80 Å². The third-order valence-electron chi connectivity index (χ3n) is 2.42. The molecule has 8 heteroatoms. The lowest BCUT2D eigenvalue weighted by atomic mass is 10.2. The quantitative estimate of drug-likeness (QED) is 0.834. The van der Waals surface area contributed by atoms with Gasteiger partial charge in [-0.05, 0) is 17.3 Å². The van der Waals surface area contributed by atoms with Gasteiger partial charge in [0.25, 0.3) is 0 Å². The van der Waals surface area contributed by atoms with E-state index < -0.39 is 5.97 Å². The Morgan fingerprint density at radius 1 is 1.40 bits per heavy atom. The van der Waals surface area contributed by atoms with Crippen LogP contribution in [-0.2, 0) is 16.1 Å². The first-order valence-electron chi connectivity index (χ1n) is 5.92. The normalized spacial score (nSPS) is 10.2. The van der Waals surface area contributed by atoms with Crippen LogP contribution in [0.15, 0.2) is 24.3 Å². The Balaban J connectivity index is 2.15. The van der Waals surface area contributed by atoms with Crippen LogP contribution >= 0.6 is 0 Å². The van der Waals surface area contributed by atoms with Gasteiger partial charge in [0.15, 0.2) is 0 Å². The molecule has 1 heterocycles. The fourth-order valence-electron chi connectivity index (χ4n) is 1.59. The number of carbonyl (C=O) groups is 2. The van der Waals surface area contributed by atoms with Gasteiger partial charge < -0.3 is 10.4 Å². The number of carbonyl (C=O) groups excluding carboxylic acids is 1. The summed E-state index contributed by atoms with van der Waals surface area (Å²) in [4.78, 5) is 22.7. The van der Waals surface area contributed by atoms with E-state index in [1.807, 2.05) is 0 Å². The van der Waals surface area contributed by atoms with Crippen molar-refractivity contribution in [1.82, 2.24) is 20.2 Å². The van der Waals surface area contributed by atoms with Gasteiger partial charge in [-0.25, -0.2) is 0 Å². The molecule has 0 unspecified atom stereocenters. The van der Waals surface area contributed by atoms with Crippen LogP contribution in [0.1, 0.15) is 13.3 Å². The van der Waals surface area contributed by atoms with E-state index in [1.54, 1.807) is 24.3 Å². The van der Waals surface area contributed by atoms with E-state index in [-0.39, 0.29) is 18.9 Å². The number of anilines is 1. The second-order valence-corrected chi connectivity index (χ2v) is 4.11. The van der Waals surface area contributed by atoms with E-state index in [1.165, 1.54) is 11.7 Å². The summed E-state index contributed by atoms with van der Waals surface area (Å²) in [5.74, 6) is -0.709. The molecule has 0 spiro atoms. The average molecular weight is 275 g/mol. The lowest BCUT2D eigenvalue weighted by Gasteiger charge is -2.02. The summed E-state index contributed by atoms with van der Waals surface area (Å²) in [6, 6.07) is 7.02. The number of aromatic nitrogens is 4. The summed E-state index contributed by atoms with van der Waals surface area (Å²) < 4.78 is 0. The molecule has 20 heavy (non-hydrogen) atoms. The largest absolute Gasteiger partial charge is 0.481 e. The molecule has 0 saturated heterocycles. The maximum atomic E-state index is 11.0. The van der Waals surface area contributed by atoms with Crippen LogP contribution in [0.3, 0.4) is 0 Å². The van der Waals surface area contributed by atoms with Crippen molar-refractivity contribution in [2.75, 3.05) is 5.32 Å². The number of benzene rings is 1. The molecule has 0 radical (unpaired) electrons. The third-order valence-corrected chi connectivity index (χ3v) is 2.42. The van der Waals surface area contributed by atoms with Gasteiger partial charge in [0.05, 0.1) is 13.0 Å². The molecule has 104 valence electrons. The summed E-state index contributed by atoms with van der Waals surface area (Å²) in [7, 11) is 0. The molecule has 0 saturated carbocycles. The average Bonchev–Trinajstić information content (AvgIpc) is 2.84. The standard InChI is InChI=1S/C12H13N5O3/c1-8(18)13-10-4-2-3-9(7-10)12-14-16-17(15-12)6-5-11(19)20/h2-4,7H,5-6H2,1H3,(H,13,18)(H,19,20). The molecule has 1 amide bonds. The van der Waals surface area contributed by atoms with E-state index in [0.717, 1.165) is 0 Å². The summed E-state index contributed by atoms with van der Waals surface area (Å²) in [5.41, 5.74) is 1.33. The molecule has 1 aromatic carbocycles. The van der Waals surface area contributed by atoms with E-state index in [9.17, 15) is 9.59 Å². The molecule has 2 N–H and O–H groups in total. The number of aliphatic carboxylic acids is 1. The molecule has 0 aliphatic heterocycles. The lowest BCUT2D eigenvalue weighted by molar-refractivity contribution is -0.137. The fourth-order valence-corrected chi connectivity index (χ4v) is 1.59. The number of tetrazole rings is 1. The van der Waals surface area contributed by atoms with Crippen LogP contribution in [0.2, 0.25) is 0 Å². The van der Waals surface area contributed by atoms with Gasteiger partial charge in [0.1, 0.15) is 0 Å². The predicted octanol–water partition coefficient (Wildman–Crippen LogP) is 0.773. The molecule has 0 aliphatic carbocycles. The fraction of sp³-hybridized carbons (Fsp3) is 0.250. The van der Waals surface area contributed by atoms with Crippen LogP contribution in [0.4, 0.5) is 5.69 Å². The first-order valence-corrected chi connectivity index (χ1v) is 5.92. The maximum absolute atomic E-state index is 11.0. The molecule has 0 atom stereocenters. The molecule has 2 aromatic rings. The Kier molecular flexibility index (Phi) is 4.04. The van der Waals surface area contributed by atoms with E-state index >= 15 is 0 Å². The lowest BCUT2D eigenvalue weighted by Crippen LogP contribution is -2.07. The Morgan fingerprint density at radius 3 is 2.90 bits per heavy atom. The van der Waals surface area contributed by atoms with E-state index in [4.69, 9.17) is 5.11 Å². The highest BCUT2D eigenvalue weighted by Crippen LogP contribution is 2.18. The van der Waals surface area contributed by atoms with E-state index in [0.29, 0.717) is 17.1 Å². The van der Waals surface area contributed by atoms with Gasteiger partial charge in [-0.1, -0.05) is 12.1 Å². The number of hydrogen-bond acceptors (Lipinski definition) is 5. The molecule has 0 bridgehead atoms. The molecule has 0 aliphatic rings. The number of hydrogen-bond donors (Lipinski definition) is 2. The molecular formula is C12H13N5O3. The molecular weight excluding hydrogens is 262 g/mol. The molecule has 1 aromatic heterocycles. The Labute approximate surface area is 114 Å². The summed E-state index contributed by atoms with van der Waals surface area (Å²) in [5, 5.41) is 23.0. The van der Waals surface area contributed by atoms with Crippen molar-refractivity contribution in [1.29, 1.82) is 0 Å². The minimum atomic E-state index is -0.920. The number of aryl methyl sites for hydroxylation is 1. The summed E-state index contributed by atoms with van der Waals surface area (Å²) in [6.07, 6.45) is -0.0677. The zero-order valence-corrected chi connectivity index (χ0v) is 10.8. The van der Waals surface area contributed by atoms with Crippen molar-refractivity contribution in [3.63, 3.8) is 0 Å². The van der Waals surface area contributed by atoms with Crippen LogP contribution in [0, 0.1) is 0 Å². The van der Waals surface area contributed by atoms with Gasteiger partial charge in [0, 0.05) is 18.2 Å². The van der Waals surface area contributed by atoms with Gasteiger partial charge >= 0.3 is 5.97 Å². The van der Waals surface area contributed by atoms with Crippen molar-refractivity contribution >= 4 is 17.6 Å². The highest BCUT2D eigenvalue weighted by atomic mass is 16.4. The SMILES string of the molecule is CC(=O)Nc1cccc(-c2nnn(CCC(=O)O)n2)c1. The van der Waals surface area contributed by atoms with Crippen LogP contribution in [0.25, 0.3) is 11.4 Å². The maximum Gasteiger partial charge on any atom is 0.305 e. The zero-order chi connectivity index (χ0) is 14.5. The summed E-state index contributed by atoms with van der Waals surface area (Å²) >= 11 is 0. The van der Waals surface area contributed by atoms with Crippen molar-refractivity contribution < 1.29 is 14.7 Å². The molecule has 0 fully saturated rings. The van der Waals surface area contributed by atoms with Crippen LogP contribution < -0.4 is 5.32 Å². The van der Waals surface area contributed by atoms with Gasteiger partial charge in [-0.15, -0.1) is 10.2 Å². The number of carboxylic acids is 1. The van der Waals surface area contributed by atoms with Crippen molar-refractivity contribution in [3.8, 4) is 11.4 Å². The number of nitrogens with zero attached hydrogens (tertiary/aromatic N) is 4. The first kappa shape index (κ1) is 13.7. The predicted molar refractivity (Wildman–Crippen MR) is 69.8 cm³/mol. The van der Waals surface area contributed by atoms with E-state index in [2.05, 4.69) is 20.7 Å². The van der Waals surface area contributed by atoms with Crippen molar-refractivity contribution in [3.05, 3.63) is 24.3 Å². The molecule has 8 nitrogen and oxygen atoms in total. The van der Waals surface area contributed by atoms with Crippen LogP contribution in [0.5, 0.6) is 0 Å². The number of rotatable bonds is 5. The Morgan fingerprint density at radius 2 is 2.20 bits per heavy atom. The third kappa shape index (κ3) is 3.61. The molecule has 2 rings (SSSR count). The Hall–Kier alpha value is -2.77. The zero-order valence-electron chi connectivity index (χ0n) is 10.8. The first-order chi connectivity index (χ1) is 9.54. The Bertz CT molecular complexity index is 638. The smallest absolute Gasteiger partial charge is 0.305 e. The number of nitrogens with one attached hydrogen (secondary N) is 1. The number of carboxylic acid groups (broad SMARTS) is 1. The topological polar surface area (TPSA) is 110 Å². The second-order valence-electron chi connectivity index (χ2n) is 4.11. The van der Waals surface area contributed by atoms with Crippen molar-refractivity contribution in [2.24, 2.45) is 0 Å². The van der Waals surface area contributed by atoms with Gasteiger partial charge in [0.2, 0.25) is 11.7 Å².